The number of hydrogen-bond donors (Lipinski definition) is 1. The number of benzene rings is 1. The largest absolute Gasteiger partial charge is 0.314 e. The Balaban J connectivity index is 2.25. The van der Waals surface area contributed by atoms with Gasteiger partial charge in [0.2, 0.25) is 0 Å². The molecule has 3 heteroatoms. The zero-order valence-corrected chi connectivity index (χ0v) is 11.3. The maximum Gasteiger partial charge on any atom is 0.126 e. The third-order valence-corrected chi connectivity index (χ3v) is 3.99. The molecule has 2 unspecified atom stereocenters. The summed E-state index contributed by atoms with van der Waals surface area (Å²) >= 11 is 0. The first-order chi connectivity index (χ1) is 8.48. The summed E-state index contributed by atoms with van der Waals surface area (Å²) in [6, 6.07) is 4.30. The summed E-state index contributed by atoms with van der Waals surface area (Å²) in [7, 11) is 0. The van der Waals surface area contributed by atoms with E-state index in [1.165, 1.54) is 12.1 Å². The van der Waals surface area contributed by atoms with Gasteiger partial charge in [0.05, 0.1) is 0 Å². The molecule has 0 saturated heterocycles. The fraction of sp³-hybridized carbons (Fsp3) is 0.600. The van der Waals surface area contributed by atoms with Gasteiger partial charge in [-0.1, -0.05) is 27.2 Å². The molecule has 1 aliphatic carbocycles. The molecule has 1 aromatic rings. The molecular formula is C15H21F2N. The van der Waals surface area contributed by atoms with E-state index >= 15 is 0 Å². The molecule has 0 radical (unpaired) electrons. The first-order valence-corrected chi connectivity index (χ1v) is 6.68. The maximum absolute atomic E-state index is 13.4. The maximum atomic E-state index is 13.4. The molecule has 1 aliphatic rings. The Morgan fingerprint density at radius 3 is 2.33 bits per heavy atom. The molecule has 1 fully saturated rings. The Morgan fingerprint density at radius 2 is 1.89 bits per heavy atom. The van der Waals surface area contributed by atoms with Crippen LogP contribution in [0.1, 0.15) is 39.2 Å². The first-order valence-electron chi connectivity index (χ1n) is 6.68. The van der Waals surface area contributed by atoms with E-state index in [4.69, 9.17) is 0 Å². The second-order valence-corrected chi connectivity index (χ2v) is 5.66. The van der Waals surface area contributed by atoms with Crippen LogP contribution >= 0.6 is 0 Å². The Bertz CT molecular complexity index is 410. The SMILES string of the molecule is CCC1CC1(CNC(C)C)c1cc(F)cc(F)c1. The summed E-state index contributed by atoms with van der Waals surface area (Å²) in [6.45, 7) is 7.11. The van der Waals surface area contributed by atoms with Gasteiger partial charge in [-0.3, -0.25) is 0 Å². The number of halogens is 2. The van der Waals surface area contributed by atoms with Crippen molar-refractivity contribution in [1.29, 1.82) is 0 Å². The molecule has 18 heavy (non-hydrogen) atoms. The Hall–Kier alpha value is -0.960. The minimum Gasteiger partial charge on any atom is -0.314 e. The van der Waals surface area contributed by atoms with Crippen LogP contribution in [-0.4, -0.2) is 12.6 Å². The van der Waals surface area contributed by atoms with E-state index < -0.39 is 11.6 Å². The topological polar surface area (TPSA) is 12.0 Å². The van der Waals surface area contributed by atoms with Crippen LogP contribution in [0.15, 0.2) is 18.2 Å². The van der Waals surface area contributed by atoms with Crippen LogP contribution in [0.2, 0.25) is 0 Å². The van der Waals surface area contributed by atoms with Gasteiger partial charge in [0.1, 0.15) is 11.6 Å². The van der Waals surface area contributed by atoms with E-state index in [0.717, 1.165) is 31.0 Å². The Morgan fingerprint density at radius 1 is 1.28 bits per heavy atom. The molecule has 1 aromatic carbocycles. The van der Waals surface area contributed by atoms with Crippen LogP contribution in [0.4, 0.5) is 8.78 Å². The van der Waals surface area contributed by atoms with E-state index in [2.05, 4.69) is 26.1 Å². The van der Waals surface area contributed by atoms with Gasteiger partial charge in [0, 0.05) is 24.1 Å². The fourth-order valence-electron chi connectivity index (χ4n) is 2.82. The first kappa shape index (κ1) is 13.5. The van der Waals surface area contributed by atoms with Crippen LogP contribution in [0.25, 0.3) is 0 Å². The average molecular weight is 253 g/mol. The van der Waals surface area contributed by atoms with Gasteiger partial charge in [0.25, 0.3) is 0 Å². The smallest absolute Gasteiger partial charge is 0.126 e. The van der Waals surface area contributed by atoms with E-state index in [1.807, 2.05) is 0 Å². The van der Waals surface area contributed by atoms with Gasteiger partial charge in [-0.2, -0.15) is 0 Å². The summed E-state index contributed by atoms with van der Waals surface area (Å²) in [5.74, 6) is -0.420. The van der Waals surface area contributed by atoms with Crippen molar-refractivity contribution in [2.24, 2.45) is 5.92 Å². The third kappa shape index (κ3) is 2.56. The van der Waals surface area contributed by atoms with Gasteiger partial charge in [-0.05, 0) is 30.0 Å². The quantitative estimate of drug-likeness (QED) is 0.845. The van der Waals surface area contributed by atoms with Crippen molar-refractivity contribution in [2.45, 2.75) is 45.1 Å². The minimum atomic E-state index is -0.476. The van der Waals surface area contributed by atoms with Crippen molar-refractivity contribution in [3.63, 3.8) is 0 Å². The molecule has 0 bridgehead atoms. The zero-order chi connectivity index (χ0) is 13.3. The van der Waals surface area contributed by atoms with Crippen LogP contribution in [-0.2, 0) is 5.41 Å². The molecule has 0 heterocycles. The molecular weight excluding hydrogens is 232 g/mol. The summed E-state index contributed by atoms with van der Waals surface area (Å²) < 4.78 is 26.7. The van der Waals surface area contributed by atoms with Crippen LogP contribution in [0.5, 0.6) is 0 Å². The Kier molecular flexibility index (Phi) is 3.71. The lowest BCUT2D eigenvalue weighted by Crippen LogP contribution is -2.33. The second-order valence-electron chi connectivity index (χ2n) is 5.66. The summed E-state index contributed by atoms with van der Waals surface area (Å²) in [5.41, 5.74) is 0.738. The lowest BCUT2D eigenvalue weighted by atomic mass is 9.91. The molecule has 2 rings (SSSR count). The highest BCUT2D eigenvalue weighted by Crippen LogP contribution is 2.55. The molecule has 1 nitrogen and oxygen atoms in total. The number of rotatable bonds is 5. The van der Waals surface area contributed by atoms with Crippen molar-refractivity contribution < 1.29 is 8.78 Å². The molecule has 100 valence electrons. The number of hydrogen-bond acceptors (Lipinski definition) is 1. The predicted molar refractivity (Wildman–Crippen MR) is 69.6 cm³/mol. The van der Waals surface area contributed by atoms with Gasteiger partial charge in [-0.15, -0.1) is 0 Å². The molecule has 1 N–H and O–H groups in total. The fourth-order valence-corrected chi connectivity index (χ4v) is 2.82. The van der Waals surface area contributed by atoms with E-state index in [0.29, 0.717) is 12.0 Å². The predicted octanol–water partition coefficient (Wildman–Crippen LogP) is 3.63. The lowest BCUT2D eigenvalue weighted by Gasteiger charge is -2.21. The van der Waals surface area contributed by atoms with Crippen molar-refractivity contribution in [2.75, 3.05) is 6.54 Å². The molecule has 1 saturated carbocycles. The van der Waals surface area contributed by atoms with Crippen molar-refractivity contribution in [1.82, 2.24) is 5.32 Å². The zero-order valence-electron chi connectivity index (χ0n) is 11.3. The summed E-state index contributed by atoms with van der Waals surface area (Å²) in [6.07, 6.45) is 2.07. The average Bonchev–Trinajstić information content (AvgIpc) is 3.00. The second kappa shape index (κ2) is 4.96. The summed E-state index contributed by atoms with van der Waals surface area (Å²) in [5, 5.41) is 3.41. The molecule has 0 aromatic heterocycles. The highest BCUT2D eigenvalue weighted by molar-refractivity contribution is 5.35. The molecule has 2 atom stereocenters. The molecule has 0 spiro atoms. The van der Waals surface area contributed by atoms with Crippen molar-refractivity contribution in [3.8, 4) is 0 Å². The number of nitrogens with one attached hydrogen (secondary N) is 1. The standard InChI is InChI=1S/C15H21F2N/c1-4-11-8-15(11,9-18-10(2)3)12-5-13(16)7-14(17)6-12/h5-7,10-11,18H,4,8-9H2,1-3H3. The van der Waals surface area contributed by atoms with Crippen LogP contribution in [0.3, 0.4) is 0 Å². The highest BCUT2D eigenvalue weighted by atomic mass is 19.1. The highest BCUT2D eigenvalue weighted by Gasteiger charge is 2.53. The summed E-state index contributed by atoms with van der Waals surface area (Å²) in [4.78, 5) is 0. The van der Waals surface area contributed by atoms with Gasteiger partial charge in [-0.25, -0.2) is 8.78 Å². The van der Waals surface area contributed by atoms with Gasteiger partial charge >= 0.3 is 0 Å². The van der Waals surface area contributed by atoms with Gasteiger partial charge < -0.3 is 5.32 Å². The van der Waals surface area contributed by atoms with Crippen LogP contribution < -0.4 is 5.32 Å². The van der Waals surface area contributed by atoms with Crippen molar-refractivity contribution >= 4 is 0 Å². The van der Waals surface area contributed by atoms with E-state index in [-0.39, 0.29) is 5.41 Å². The monoisotopic (exact) mass is 253 g/mol. The molecule has 0 aliphatic heterocycles. The normalized spacial score (nSPS) is 26.7. The van der Waals surface area contributed by atoms with Crippen molar-refractivity contribution in [3.05, 3.63) is 35.4 Å². The molecule has 0 amide bonds. The Labute approximate surface area is 108 Å². The minimum absolute atomic E-state index is 0.0675. The lowest BCUT2D eigenvalue weighted by molar-refractivity contribution is 0.481. The van der Waals surface area contributed by atoms with E-state index in [9.17, 15) is 8.78 Å². The van der Waals surface area contributed by atoms with Crippen LogP contribution in [0, 0.1) is 17.6 Å². The van der Waals surface area contributed by atoms with E-state index in [1.54, 1.807) is 0 Å². The third-order valence-electron chi connectivity index (χ3n) is 3.99. The van der Waals surface area contributed by atoms with Gasteiger partial charge in [0.15, 0.2) is 0 Å².